The molecule has 3 rings (SSSR count). The molecule has 2 heterocycles. The van der Waals surface area contributed by atoms with Gasteiger partial charge in [-0.25, -0.2) is 5.10 Å². The summed E-state index contributed by atoms with van der Waals surface area (Å²) in [5.74, 6) is 0.784. The van der Waals surface area contributed by atoms with Crippen molar-refractivity contribution in [3.05, 3.63) is 29.8 Å². The van der Waals surface area contributed by atoms with Crippen molar-refractivity contribution in [2.24, 2.45) is 5.73 Å². The molecule has 10 nitrogen and oxygen atoms in total. The molecular formula is C19H24N6O4. The fraction of sp³-hybridized carbons (Fsp3) is 0.368. The average Bonchev–Trinajstić information content (AvgIpc) is 3.20. The molecule has 4 N–H and O–H groups in total. The standard InChI is InChI=1S/C19H24N6O4/c1-28-15-11-13(5-7-14(15)29-12-16(20)26)6-8-17(27)21-18-22-19(24-23-18)25-9-3-2-4-10-25/h5-8,11H,2-4,9-10,12H2,1H3,(H2,20,26)(H2,21,22,23,24,27)/b8-6+. The molecule has 154 valence electrons. The summed E-state index contributed by atoms with van der Waals surface area (Å²) in [5.41, 5.74) is 5.79. The number of aromatic nitrogens is 3. The number of anilines is 2. The molecule has 1 aromatic carbocycles. The number of methoxy groups -OCH3 is 1. The van der Waals surface area contributed by atoms with Crippen LogP contribution in [-0.2, 0) is 9.59 Å². The Balaban J connectivity index is 1.58. The molecule has 0 radical (unpaired) electrons. The van der Waals surface area contributed by atoms with Crippen LogP contribution in [0.5, 0.6) is 11.5 Å². The predicted molar refractivity (Wildman–Crippen MR) is 108 cm³/mol. The molecule has 0 saturated carbocycles. The van der Waals surface area contributed by atoms with Crippen molar-refractivity contribution in [3.8, 4) is 11.5 Å². The molecule has 29 heavy (non-hydrogen) atoms. The van der Waals surface area contributed by atoms with Crippen molar-refractivity contribution in [3.63, 3.8) is 0 Å². The summed E-state index contributed by atoms with van der Waals surface area (Å²) in [4.78, 5) is 29.4. The van der Waals surface area contributed by atoms with Crippen molar-refractivity contribution in [2.45, 2.75) is 19.3 Å². The topological polar surface area (TPSA) is 135 Å². The SMILES string of the molecule is COc1cc(/C=C/C(=O)Nc2nc(N3CCCCC3)n[nH]2)ccc1OCC(N)=O. The minimum absolute atomic E-state index is 0.245. The third-order valence-corrected chi connectivity index (χ3v) is 4.34. The fourth-order valence-electron chi connectivity index (χ4n) is 2.93. The average molecular weight is 400 g/mol. The molecule has 1 aromatic heterocycles. The van der Waals surface area contributed by atoms with Crippen molar-refractivity contribution in [1.29, 1.82) is 0 Å². The van der Waals surface area contributed by atoms with Gasteiger partial charge in [-0.2, -0.15) is 4.98 Å². The van der Waals surface area contributed by atoms with E-state index in [0.29, 0.717) is 23.4 Å². The largest absolute Gasteiger partial charge is 0.493 e. The first kappa shape index (κ1) is 20.2. The van der Waals surface area contributed by atoms with E-state index in [1.54, 1.807) is 24.3 Å². The van der Waals surface area contributed by atoms with Gasteiger partial charge in [0.25, 0.3) is 11.8 Å². The third kappa shape index (κ3) is 5.71. The zero-order chi connectivity index (χ0) is 20.6. The molecule has 1 saturated heterocycles. The van der Waals surface area contributed by atoms with Crippen LogP contribution in [-0.4, -0.2) is 53.8 Å². The highest BCUT2D eigenvalue weighted by atomic mass is 16.5. The van der Waals surface area contributed by atoms with Gasteiger partial charge >= 0.3 is 0 Å². The fourth-order valence-corrected chi connectivity index (χ4v) is 2.93. The monoisotopic (exact) mass is 400 g/mol. The van der Waals surface area contributed by atoms with Crippen LogP contribution in [0.4, 0.5) is 11.9 Å². The Hall–Kier alpha value is -3.56. The van der Waals surface area contributed by atoms with E-state index in [-0.39, 0.29) is 12.5 Å². The van der Waals surface area contributed by atoms with Gasteiger partial charge in [0.05, 0.1) is 7.11 Å². The van der Waals surface area contributed by atoms with Gasteiger partial charge in [-0.05, 0) is 43.0 Å². The van der Waals surface area contributed by atoms with Crippen LogP contribution < -0.4 is 25.4 Å². The Morgan fingerprint density at radius 3 is 2.79 bits per heavy atom. The van der Waals surface area contributed by atoms with E-state index >= 15 is 0 Å². The van der Waals surface area contributed by atoms with E-state index in [2.05, 4.69) is 25.4 Å². The van der Waals surface area contributed by atoms with Crippen LogP contribution >= 0.6 is 0 Å². The number of benzene rings is 1. The number of nitrogens with zero attached hydrogens (tertiary/aromatic N) is 3. The van der Waals surface area contributed by atoms with Gasteiger partial charge in [-0.15, -0.1) is 5.10 Å². The van der Waals surface area contributed by atoms with Crippen LogP contribution in [0, 0.1) is 0 Å². The summed E-state index contributed by atoms with van der Waals surface area (Å²) in [5, 5.41) is 9.55. The molecular weight excluding hydrogens is 376 g/mol. The van der Waals surface area contributed by atoms with Crippen LogP contribution in [0.2, 0.25) is 0 Å². The Bertz CT molecular complexity index is 889. The maximum atomic E-state index is 12.2. The van der Waals surface area contributed by atoms with Crippen LogP contribution in [0.1, 0.15) is 24.8 Å². The number of H-pyrrole nitrogens is 1. The summed E-state index contributed by atoms with van der Waals surface area (Å²) >= 11 is 0. The molecule has 1 aliphatic heterocycles. The number of rotatable bonds is 8. The molecule has 0 atom stereocenters. The predicted octanol–water partition coefficient (Wildman–Crippen LogP) is 1.32. The summed E-state index contributed by atoms with van der Waals surface area (Å²) in [6, 6.07) is 5.05. The number of nitrogens with two attached hydrogens (primary N) is 1. The lowest BCUT2D eigenvalue weighted by Crippen LogP contribution is -2.30. The summed E-state index contributed by atoms with van der Waals surface area (Å²) < 4.78 is 10.5. The number of aromatic amines is 1. The number of primary amides is 1. The first-order valence-electron chi connectivity index (χ1n) is 9.30. The summed E-state index contributed by atoms with van der Waals surface area (Å²) in [6.45, 7) is 1.60. The van der Waals surface area contributed by atoms with E-state index in [4.69, 9.17) is 15.2 Å². The van der Waals surface area contributed by atoms with Gasteiger partial charge in [0.1, 0.15) is 0 Å². The van der Waals surface area contributed by atoms with Gasteiger partial charge in [0, 0.05) is 19.2 Å². The molecule has 1 fully saturated rings. The lowest BCUT2D eigenvalue weighted by molar-refractivity contribution is -0.120. The van der Waals surface area contributed by atoms with E-state index in [9.17, 15) is 9.59 Å². The van der Waals surface area contributed by atoms with E-state index in [0.717, 1.165) is 31.5 Å². The maximum absolute atomic E-state index is 12.2. The lowest BCUT2D eigenvalue weighted by atomic mass is 10.1. The van der Waals surface area contributed by atoms with E-state index in [1.165, 1.54) is 19.6 Å². The zero-order valence-electron chi connectivity index (χ0n) is 16.2. The van der Waals surface area contributed by atoms with Crippen molar-refractivity contribution < 1.29 is 19.1 Å². The molecule has 0 spiro atoms. The summed E-state index contributed by atoms with van der Waals surface area (Å²) in [6.07, 6.45) is 6.46. The zero-order valence-corrected chi connectivity index (χ0v) is 16.2. The number of piperidine rings is 1. The highest BCUT2D eigenvalue weighted by Crippen LogP contribution is 2.28. The minimum atomic E-state index is -0.580. The molecule has 1 aliphatic rings. The summed E-state index contributed by atoms with van der Waals surface area (Å²) in [7, 11) is 1.48. The molecule has 10 heteroatoms. The number of carbonyl (C=O) groups excluding carboxylic acids is 2. The Kier molecular flexibility index (Phi) is 6.67. The maximum Gasteiger partial charge on any atom is 0.255 e. The van der Waals surface area contributed by atoms with Crippen LogP contribution in [0.15, 0.2) is 24.3 Å². The third-order valence-electron chi connectivity index (χ3n) is 4.34. The first-order chi connectivity index (χ1) is 14.0. The van der Waals surface area contributed by atoms with Gasteiger partial charge in [0.2, 0.25) is 11.9 Å². The quantitative estimate of drug-likeness (QED) is 0.569. The van der Waals surface area contributed by atoms with Crippen molar-refractivity contribution >= 4 is 29.8 Å². The van der Waals surface area contributed by atoms with Crippen LogP contribution in [0.25, 0.3) is 6.08 Å². The van der Waals surface area contributed by atoms with Crippen molar-refractivity contribution in [2.75, 3.05) is 37.0 Å². The van der Waals surface area contributed by atoms with Crippen LogP contribution in [0.3, 0.4) is 0 Å². The number of ether oxygens (including phenoxy) is 2. The molecule has 0 unspecified atom stereocenters. The second-order valence-corrected chi connectivity index (χ2v) is 6.52. The number of hydrogen-bond acceptors (Lipinski definition) is 7. The molecule has 0 aliphatic carbocycles. The van der Waals surface area contributed by atoms with E-state index in [1.807, 2.05) is 0 Å². The minimum Gasteiger partial charge on any atom is -0.493 e. The second-order valence-electron chi connectivity index (χ2n) is 6.52. The Morgan fingerprint density at radius 1 is 1.28 bits per heavy atom. The lowest BCUT2D eigenvalue weighted by Gasteiger charge is -2.24. The second kappa shape index (κ2) is 9.58. The van der Waals surface area contributed by atoms with Gasteiger partial charge in [0.15, 0.2) is 18.1 Å². The van der Waals surface area contributed by atoms with E-state index < -0.39 is 5.91 Å². The van der Waals surface area contributed by atoms with Gasteiger partial charge in [-0.3, -0.25) is 14.9 Å². The number of amides is 2. The van der Waals surface area contributed by atoms with Gasteiger partial charge < -0.3 is 20.1 Å². The molecule has 0 bridgehead atoms. The van der Waals surface area contributed by atoms with Gasteiger partial charge in [-0.1, -0.05) is 6.07 Å². The smallest absolute Gasteiger partial charge is 0.255 e. The highest BCUT2D eigenvalue weighted by Gasteiger charge is 2.15. The molecule has 2 aromatic rings. The van der Waals surface area contributed by atoms with Crippen molar-refractivity contribution in [1.82, 2.24) is 15.2 Å². The number of hydrogen-bond donors (Lipinski definition) is 3. The normalized spacial score (nSPS) is 14.0. The first-order valence-corrected chi connectivity index (χ1v) is 9.30. The number of carbonyl (C=O) groups is 2. The highest BCUT2D eigenvalue weighted by molar-refractivity contribution is 6.01. The Morgan fingerprint density at radius 2 is 2.07 bits per heavy atom. The number of nitrogens with one attached hydrogen (secondary N) is 2. The Labute approximate surface area is 168 Å². The molecule has 2 amide bonds.